The molecule has 7 heteroatoms. The zero-order valence-electron chi connectivity index (χ0n) is 17.2. The second kappa shape index (κ2) is 10.3. The highest BCUT2D eigenvalue weighted by Gasteiger charge is 2.17. The number of rotatable bonds is 7. The molecular weight excluding hydrogens is 435 g/mol. The van der Waals surface area contributed by atoms with E-state index >= 15 is 0 Å². The molecule has 31 heavy (non-hydrogen) atoms. The summed E-state index contributed by atoms with van der Waals surface area (Å²) >= 11 is 12.2. The van der Waals surface area contributed by atoms with Gasteiger partial charge >= 0.3 is 0 Å². The van der Waals surface area contributed by atoms with E-state index in [2.05, 4.69) is 5.32 Å². The van der Waals surface area contributed by atoms with Crippen molar-refractivity contribution in [2.45, 2.75) is 13.2 Å². The fourth-order valence-electron chi connectivity index (χ4n) is 3.02. The molecule has 0 bridgehead atoms. The summed E-state index contributed by atoms with van der Waals surface area (Å²) in [5, 5.41) is 3.64. The van der Waals surface area contributed by atoms with Gasteiger partial charge < -0.3 is 15.0 Å². The lowest BCUT2D eigenvalue weighted by atomic mass is 10.1. The number of para-hydroxylation sites is 1. The van der Waals surface area contributed by atoms with Crippen molar-refractivity contribution in [3.8, 4) is 5.75 Å². The predicted octanol–water partition coefficient (Wildman–Crippen LogP) is 5.20. The van der Waals surface area contributed by atoms with Gasteiger partial charge in [0.05, 0.1) is 5.56 Å². The summed E-state index contributed by atoms with van der Waals surface area (Å²) in [5.74, 6) is 0.149. The van der Waals surface area contributed by atoms with Crippen LogP contribution in [0.5, 0.6) is 5.75 Å². The number of benzene rings is 3. The molecule has 3 aromatic carbocycles. The molecule has 1 N–H and O–H groups in total. The third-order valence-corrected chi connectivity index (χ3v) is 5.31. The van der Waals surface area contributed by atoms with Crippen LogP contribution < -0.4 is 10.1 Å². The van der Waals surface area contributed by atoms with Crippen LogP contribution in [0.25, 0.3) is 0 Å². The predicted molar refractivity (Wildman–Crippen MR) is 123 cm³/mol. The number of halogens is 2. The van der Waals surface area contributed by atoms with Gasteiger partial charge in [-0.2, -0.15) is 0 Å². The Morgan fingerprint density at radius 1 is 1.00 bits per heavy atom. The number of amides is 2. The SMILES string of the molecule is CNC(=O)c1ccc(CN(C)C(=O)c2ccccc2OCc2ccc(Cl)cc2Cl)cc1. The first-order valence-corrected chi connectivity index (χ1v) is 10.4. The minimum atomic E-state index is -0.173. The molecule has 0 aliphatic rings. The third kappa shape index (κ3) is 5.78. The van der Waals surface area contributed by atoms with E-state index in [1.54, 1.807) is 67.5 Å². The Morgan fingerprint density at radius 3 is 2.39 bits per heavy atom. The van der Waals surface area contributed by atoms with Gasteiger partial charge in [-0.15, -0.1) is 0 Å². The standard InChI is InChI=1S/C24H22Cl2N2O3/c1-27-23(29)17-9-7-16(8-10-17)14-28(2)24(30)20-5-3-4-6-22(20)31-15-18-11-12-19(25)13-21(18)26/h3-13H,14-15H2,1-2H3,(H,27,29). The Hall–Kier alpha value is -3.02. The van der Waals surface area contributed by atoms with Gasteiger partial charge in [0.1, 0.15) is 12.4 Å². The molecular formula is C24H22Cl2N2O3. The summed E-state index contributed by atoms with van der Waals surface area (Å²) in [6.07, 6.45) is 0. The van der Waals surface area contributed by atoms with E-state index in [0.717, 1.165) is 11.1 Å². The molecule has 5 nitrogen and oxygen atoms in total. The van der Waals surface area contributed by atoms with E-state index in [0.29, 0.717) is 33.5 Å². The molecule has 0 atom stereocenters. The minimum Gasteiger partial charge on any atom is -0.488 e. The quantitative estimate of drug-likeness (QED) is 0.531. The number of hydrogen-bond acceptors (Lipinski definition) is 3. The second-order valence-electron chi connectivity index (χ2n) is 6.96. The van der Waals surface area contributed by atoms with Gasteiger partial charge in [-0.05, 0) is 42.0 Å². The largest absolute Gasteiger partial charge is 0.488 e. The number of hydrogen-bond donors (Lipinski definition) is 1. The van der Waals surface area contributed by atoms with Crippen LogP contribution in [0.15, 0.2) is 66.7 Å². The number of ether oxygens (including phenoxy) is 1. The van der Waals surface area contributed by atoms with Gasteiger partial charge in [-0.25, -0.2) is 0 Å². The van der Waals surface area contributed by atoms with Crippen molar-refractivity contribution in [2.24, 2.45) is 0 Å². The number of nitrogens with zero attached hydrogens (tertiary/aromatic N) is 1. The first kappa shape index (κ1) is 22.7. The lowest BCUT2D eigenvalue weighted by molar-refractivity contribution is 0.0779. The maximum atomic E-state index is 13.1. The zero-order chi connectivity index (χ0) is 22.4. The number of nitrogens with one attached hydrogen (secondary N) is 1. The van der Waals surface area contributed by atoms with E-state index in [1.165, 1.54) is 0 Å². The van der Waals surface area contributed by atoms with E-state index in [1.807, 2.05) is 18.2 Å². The highest BCUT2D eigenvalue weighted by Crippen LogP contribution is 2.25. The van der Waals surface area contributed by atoms with Gasteiger partial charge in [0.25, 0.3) is 11.8 Å². The number of carbonyl (C=O) groups is 2. The summed E-state index contributed by atoms with van der Waals surface area (Å²) in [7, 11) is 3.31. The Morgan fingerprint density at radius 2 is 1.71 bits per heavy atom. The highest BCUT2D eigenvalue weighted by atomic mass is 35.5. The zero-order valence-corrected chi connectivity index (χ0v) is 18.7. The van der Waals surface area contributed by atoms with Crippen molar-refractivity contribution in [3.63, 3.8) is 0 Å². The smallest absolute Gasteiger partial charge is 0.257 e. The Bertz CT molecular complexity index is 1080. The van der Waals surface area contributed by atoms with Crippen LogP contribution in [0.3, 0.4) is 0 Å². The first-order chi connectivity index (χ1) is 14.9. The van der Waals surface area contributed by atoms with Gasteiger partial charge in [0.2, 0.25) is 0 Å². The molecule has 0 heterocycles. The molecule has 0 aromatic heterocycles. The van der Waals surface area contributed by atoms with Crippen LogP contribution in [0.4, 0.5) is 0 Å². The van der Waals surface area contributed by atoms with Crippen molar-refractivity contribution in [1.29, 1.82) is 0 Å². The molecule has 3 aromatic rings. The average Bonchev–Trinajstić information content (AvgIpc) is 2.78. The second-order valence-corrected chi connectivity index (χ2v) is 7.80. The fraction of sp³-hybridized carbons (Fsp3) is 0.167. The molecule has 160 valence electrons. The Kier molecular flexibility index (Phi) is 7.55. The van der Waals surface area contributed by atoms with E-state index in [9.17, 15) is 9.59 Å². The van der Waals surface area contributed by atoms with E-state index in [4.69, 9.17) is 27.9 Å². The highest BCUT2D eigenvalue weighted by molar-refractivity contribution is 6.35. The lowest BCUT2D eigenvalue weighted by Crippen LogP contribution is -2.26. The minimum absolute atomic E-state index is 0.150. The topological polar surface area (TPSA) is 58.6 Å². The molecule has 0 saturated carbocycles. The van der Waals surface area contributed by atoms with Crippen molar-refractivity contribution < 1.29 is 14.3 Å². The number of carbonyl (C=O) groups excluding carboxylic acids is 2. The molecule has 0 aliphatic carbocycles. The van der Waals surface area contributed by atoms with Crippen molar-refractivity contribution >= 4 is 35.0 Å². The van der Waals surface area contributed by atoms with Crippen LogP contribution in [0.2, 0.25) is 10.0 Å². The van der Waals surface area contributed by atoms with Crippen molar-refractivity contribution in [3.05, 3.63) is 99.0 Å². The van der Waals surface area contributed by atoms with E-state index in [-0.39, 0.29) is 18.4 Å². The molecule has 0 saturated heterocycles. The van der Waals surface area contributed by atoms with Crippen molar-refractivity contribution in [1.82, 2.24) is 10.2 Å². The van der Waals surface area contributed by atoms with Gasteiger partial charge in [0, 0.05) is 41.8 Å². The summed E-state index contributed by atoms with van der Waals surface area (Å²) in [4.78, 5) is 26.3. The maximum Gasteiger partial charge on any atom is 0.257 e. The monoisotopic (exact) mass is 456 g/mol. The fourth-order valence-corrected chi connectivity index (χ4v) is 3.48. The summed E-state index contributed by atoms with van der Waals surface area (Å²) in [6, 6.07) is 19.4. The van der Waals surface area contributed by atoms with Gasteiger partial charge in [-0.1, -0.05) is 53.5 Å². The third-order valence-electron chi connectivity index (χ3n) is 4.73. The van der Waals surface area contributed by atoms with Crippen LogP contribution in [-0.4, -0.2) is 30.8 Å². The first-order valence-electron chi connectivity index (χ1n) is 9.61. The molecule has 0 spiro atoms. The summed E-state index contributed by atoms with van der Waals surface area (Å²) in [6.45, 7) is 0.606. The lowest BCUT2D eigenvalue weighted by Gasteiger charge is -2.19. The van der Waals surface area contributed by atoms with Gasteiger partial charge in [0.15, 0.2) is 0 Å². The molecule has 0 fully saturated rings. The Labute approximate surface area is 191 Å². The Balaban J connectivity index is 1.70. The molecule has 0 radical (unpaired) electrons. The van der Waals surface area contributed by atoms with Gasteiger partial charge in [-0.3, -0.25) is 9.59 Å². The summed E-state index contributed by atoms with van der Waals surface area (Å²) < 4.78 is 5.90. The molecule has 0 aliphatic heterocycles. The average molecular weight is 457 g/mol. The van der Waals surface area contributed by atoms with Crippen LogP contribution >= 0.6 is 23.2 Å². The normalized spacial score (nSPS) is 10.5. The summed E-state index contributed by atoms with van der Waals surface area (Å²) in [5.41, 5.74) is 2.71. The maximum absolute atomic E-state index is 13.1. The van der Waals surface area contributed by atoms with Crippen LogP contribution in [0, 0.1) is 0 Å². The molecule has 2 amide bonds. The van der Waals surface area contributed by atoms with E-state index < -0.39 is 0 Å². The molecule has 3 rings (SSSR count). The van der Waals surface area contributed by atoms with Crippen molar-refractivity contribution in [2.75, 3.05) is 14.1 Å². The van der Waals surface area contributed by atoms with Crippen LogP contribution in [-0.2, 0) is 13.2 Å². The molecule has 0 unspecified atom stereocenters. The van der Waals surface area contributed by atoms with Crippen LogP contribution in [0.1, 0.15) is 31.8 Å².